The van der Waals surface area contributed by atoms with E-state index in [2.05, 4.69) is 20.5 Å². The number of thiazole rings is 1. The Morgan fingerprint density at radius 1 is 0.963 bits per heavy atom. The van der Waals surface area contributed by atoms with Gasteiger partial charge in [0, 0.05) is 17.4 Å². The van der Waals surface area contributed by atoms with Crippen LogP contribution in [0.5, 0.6) is 0 Å². The van der Waals surface area contributed by atoms with Gasteiger partial charge in [0.2, 0.25) is 11.0 Å². The molecule has 2 aromatic carbocycles. The van der Waals surface area contributed by atoms with Gasteiger partial charge < -0.3 is 5.32 Å². The second-order valence-corrected chi connectivity index (χ2v) is 7.82. The molecule has 1 amide bonds. The van der Waals surface area contributed by atoms with Crippen LogP contribution in [0.3, 0.4) is 0 Å². The van der Waals surface area contributed by atoms with Crippen molar-refractivity contribution < 1.29 is 4.79 Å². The van der Waals surface area contributed by atoms with Crippen molar-refractivity contribution in [1.29, 1.82) is 0 Å². The number of aromatic nitrogens is 3. The van der Waals surface area contributed by atoms with Gasteiger partial charge in [-0.25, -0.2) is 4.98 Å². The lowest BCUT2D eigenvalue weighted by atomic mass is 10.2. The zero-order chi connectivity index (χ0) is 18.5. The first-order chi connectivity index (χ1) is 13.3. The first-order valence-electron chi connectivity index (χ1n) is 8.42. The van der Waals surface area contributed by atoms with Crippen molar-refractivity contribution >= 4 is 33.7 Å². The fourth-order valence-electron chi connectivity index (χ4n) is 2.58. The maximum absolute atomic E-state index is 12.3. The topological polar surface area (TPSA) is 67.8 Å². The second kappa shape index (κ2) is 8.20. The molecule has 0 fully saturated rings. The summed E-state index contributed by atoms with van der Waals surface area (Å²) in [5, 5.41) is 15.3. The Labute approximate surface area is 164 Å². The van der Waals surface area contributed by atoms with Gasteiger partial charge in [-0.05, 0) is 5.56 Å². The number of hydrogen-bond acceptors (Lipinski definition) is 6. The van der Waals surface area contributed by atoms with E-state index in [9.17, 15) is 4.79 Å². The minimum Gasteiger partial charge on any atom is -0.300 e. The first-order valence-corrected chi connectivity index (χ1v) is 10.1. The molecular formula is C20H16N4OS2. The molecule has 0 aliphatic carbocycles. The number of nitrogens with zero attached hydrogens (tertiary/aromatic N) is 3. The molecular weight excluding hydrogens is 376 g/mol. The smallest absolute Gasteiger partial charge is 0.232 e. The average Bonchev–Trinajstić information content (AvgIpc) is 3.33. The summed E-state index contributed by atoms with van der Waals surface area (Å²) in [6, 6.07) is 20.0. The lowest BCUT2D eigenvalue weighted by Gasteiger charge is -1.98. The number of nitrogens with one attached hydrogen (secondary N) is 1. The summed E-state index contributed by atoms with van der Waals surface area (Å²) < 4.78 is 0. The van der Waals surface area contributed by atoms with Crippen molar-refractivity contribution in [3.05, 3.63) is 82.3 Å². The molecule has 0 aliphatic heterocycles. The van der Waals surface area contributed by atoms with Gasteiger partial charge in [-0.15, -0.1) is 21.5 Å². The summed E-state index contributed by atoms with van der Waals surface area (Å²) in [7, 11) is 0. The van der Waals surface area contributed by atoms with Crippen molar-refractivity contribution in [3.8, 4) is 10.6 Å². The monoisotopic (exact) mass is 392 g/mol. The highest BCUT2D eigenvalue weighted by molar-refractivity contribution is 7.15. The standard InChI is InChI=1S/C20H16N4OS2/c25-17(12-16-13-26-19(21-16)15-9-5-2-6-10-15)22-20-24-23-18(27-20)11-14-7-3-1-4-8-14/h1-10,13H,11-12H2,(H,22,24,25). The minimum atomic E-state index is -0.137. The van der Waals surface area contributed by atoms with Crippen molar-refractivity contribution in [2.24, 2.45) is 0 Å². The van der Waals surface area contributed by atoms with E-state index in [1.54, 1.807) is 0 Å². The molecule has 0 saturated carbocycles. The normalized spacial score (nSPS) is 10.7. The highest BCUT2D eigenvalue weighted by atomic mass is 32.1. The Morgan fingerprint density at radius 2 is 1.70 bits per heavy atom. The average molecular weight is 393 g/mol. The third-order valence-electron chi connectivity index (χ3n) is 3.83. The van der Waals surface area contributed by atoms with Crippen LogP contribution < -0.4 is 5.32 Å². The molecule has 0 radical (unpaired) electrons. The number of amides is 1. The summed E-state index contributed by atoms with van der Waals surface area (Å²) in [5.74, 6) is -0.137. The van der Waals surface area contributed by atoms with E-state index in [0.29, 0.717) is 11.6 Å². The Balaban J connectivity index is 1.35. The number of carbonyl (C=O) groups is 1. The maximum atomic E-state index is 12.3. The summed E-state index contributed by atoms with van der Waals surface area (Å²) in [4.78, 5) is 16.8. The fraction of sp³-hybridized carbons (Fsp3) is 0.100. The van der Waals surface area contributed by atoms with Crippen molar-refractivity contribution in [3.63, 3.8) is 0 Å². The lowest BCUT2D eigenvalue weighted by Crippen LogP contribution is -2.14. The fourth-order valence-corrected chi connectivity index (χ4v) is 4.19. The van der Waals surface area contributed by atoms with Gasteiger partial charge in [0.1, 0.15) is 10.0 Å². The number of rotatable bonds is 6. The van der Waals surface area contributed by atoms with Gasteiger partial charge in [-0.3, -0.25) is 4.79 Å². The van der Waals surface area contributed by atoms with Crippen molar-refractivity contribution in [2.75, 3.05) is 5.32 Å². The number of hydrogen-bond donors (Lipinski definition) is 1. The van der Waals surface area contributed by atoms with E-state index in [1.807, 2.05) is 66.0 Å². The summed E-state index contributed by atoms with van der Waals surface area (Å²) in [6.45, 7) is 0. The molecule has 0 aliphatic rings. The van der Waals surface area contributed by atoms with E-state index in [4.69, 9.17) is 0 Å². The molecule has 0 spiro atoms. The molecule has 4 rings (SSSR count). The van der Waals surface area contributed by atoms with Crippen LogP contribution in [-0.4, -0.2) is 21.1 Å². The van der Waals surface area contributed by atoms with Crippen LogP contribution in [0.4, 0.5) is 5.13 Å². The van der Waals surface area contributed by atoms with Crippen molar-refractivity contribution in [2.45, 2.75) is 12.8 Å². The predicted octanol–water partition coefficient (Wildman–Crippen LogP) is 4.43. The quantitative estimate of drug-likeness (QED) is 0.527. The molecule has 2 aromatic heterocycles. The van der Waals surface area contributed by atoms with Crippen LogP contribution in [0, 0.1) is 0 Å². The Hall–Kier alpha value is -2.90. The number of anilines is 1. The molecule has 5 nitrogen and oxygen atoms in total. The molecule has 0 saturated heterocycles. The van der Waals surface area contributed by atoms with Gasteiger partial charge in [0.15, 0.2) is 0 Å². The van der Waals surface area contributed by atoms with Crippen LogP contribution >= 0.6 is 22.7 Å². The summed E-state index contributed by atoms with van der Waals surface area (Å²) in [6.07, 6.45) is 0.928. The van der Waals surface area contributed by atoms with Gasteiger partial charge in [0.25, 0.3) is 0 Å². The zero-order valence-electron chi connectivity index (χ0n) is 14.3. The van der Waals surface area contributed by atoms with E-state index in [-0.39, 0.29) is 12.3 Å². The molecule has 0 bridgehead atoms. The van der Waals surface area contributed by atoms with Crippen molar-refractivity contribution in [1.82, 2.24) is 15.2 Å². The Bertz CT molecular complexity index is 1030. The molecule has 1 N–H and O–H groups in total. The van der Waals surface area contributed by atoms with Crippen LogP contribution in [0.1, 0.15) is 16.3 Å². The first kappa shape index (κ1) is 17.5. The Kier molecular flexibility index (Phi) is 5.32. The SMILES string of the molecule is O=C(Cc1csc(-c2ccccc2)n1)Nc1nnc(Cc2ccccc2)s1. The molecule has 4 aromatic rings. The number of benzene rings is 2. The van der Waals surface area contributed by atoms with E-state index >= 15 is 0 Å². The largest absolute Gasteiger partial charge is 0.300 e. The molecule has 27 heavy (non-hydrogen) atoms. The molecule has 0 atom stereocenters. The van der Waals surface area contributed by atoms with Crippen LogP contribution in [0.2, 0.25) is 0 Å². The van der Waals surface area contributed by atoms with E-state index in [0.717, 1.165) is 21.3 Å². The molecule has 7 heteroatoms. The van der Waals surface area contributed by atoms with Crippen LogP contribution in [0.15, 0.2) is 66.0 Å². The van der Waals surface area contributed by atoms with Gasteiger partial charge in [0.05, 0.1) is 12.1 Å². The third kappa shape index (κ3) is 4.64. The molecule has 0 unspecified atom stereocenters. The van der Waals surface area contributed by atoms with Gasteiger partial charge in [-0.2, -0.15) is 0 Å². The zero-order valence-corrected chi connectivity index (χ0v) is 16.0. The van der Waals surface area contributed by atoms with E-state index < -0.39 is 0 Å². The Morgan fingerprint density at radius 3 is 2.48 bits per heavy atom. The lowest BCUT2D eigenvalue weighted by molar-refractivity contribution is -0.115. The number of carbonyl (C=O) groups excluding carboxylic acids is 1. The van der Waals surface area contributed by atoms with E-state index in [1.165, 1.54) is 28.2 Å². The second-order valence-electron chi connectivity index (χ2n) is 5.90. The third-order valence-corrected chi connectivity index (χ3v) is 5.60. The molecule has 134 valence electrons. The highest BCUT2D eigenvalue weighted by Crippen LogP contribution is 2.24. The summed E-state index contributed by atoms with van der Waals surface area (Å²) >= 11 is 2.94. The summed E-state index contributed by atoms with van der Waals surface area (Å²) in [5.41, 5.74) is 2.98. The van der Waals surface area contributed by atoms with Crippen LogP contribution in [0.25, 0.3) is 10.6 Å². The van der Waals surface area contributed by atoms with Gasteiger partial charge >= 0.3 is 0 Å². The minimum absolute atomic E-state index is 0.137. The van der Waals surface area contributed by atoms with Crippen LogP contribution in [-0.2, 0) is 17.6 Å². The maximum Gasteiger partial charge on any atom is 0.232 e. The predicted molar refractivity (Wildman–Crippen MR) is 109 cm³/mol. The molecule has 2 heterocycles. The highest BCUT2D eigenvalue weighted by Gasteiger charge is 2.12. The van der Waals surface area contributed by atoms with Gasteiger partial charge in [-0.1, -0.05) is 72.0 Å².